The Morgan fingerprint density at radius 2 is 1.09 bits per heavy atom. The van der Waals surface area contributed by atoms with E-state index < -0.39 is 39.7 Å². The van der Waals surface area contributed by atoms with Crippen molar-refractivity contribution in [2.45, 2.75) is 24.7 Å². The van der Waals surface area contributed by atoms with Gasteiger partial charge in [-0.15, -0.1) is 0 Å². The number of hydrogen-bond acceptors (Lipinski definition) is 21. The number of benzene rings is 1. The highest BCUT2D eigenvalue weighted by atomic mass is 79.9. The molecule has 0 saturated carbocycles. The van der Waals surface area contributed by atoms with Gasteiger partial charge in [-0.25, -0.2) is 27.6 Å². The van der Waals surface area contributed by atoms with Crippen molar-refractivity contribution < 1.29 is 89.3 Å². The highest BCUT2D eigenvalue weighted by Crippen LogP contribution is 2.31. The van der Waals surface area contributed by atoms with Crippen LogP contribution in [0.5, 0.6) is 0 Å². The monoisotopic (exact) mass is 1230 g/mol. The second-order valence-corrected chi connectivity index (χ2v) is 19.8. The van der Waals surface area contributed by atoms with E-state index in [2.05, 4.69) is 47.5 Å². The van der Waals surface area contributed by atoms with E-state index in [1.165, 1.54) is 31.3 Å². The molecule has 0 radical (unpaired) electrons. The summed E-state index contributed by atoms with van der Waals surface area (Å²) in [6, 6.07) is 4.45. The third kappa shape index (κ3) is 26.5. The Labute approximate surface area is 460 Å². The van der Waals surface area contributed by atoms with Crippen molar-refractivity contribution in [1.82, 2.24) is 24.9 Å². The number of nitrogens with zero attached hydrogens (tertiary/aromatic N) is 4. The van der Waals surface area contributed by atoms with Crippen molar-refractivity contribution in [3.05, 3.63) is 38.3 Å². The van der Waals surface area contributed by atoms with Crippen LogP contribution in [0.3, 0.4) is 0 Å². The molecule has 1 aromatic carbocycles. The third-order valence-corrected chi connectivity index (χ3v) is 13.8. The van der Waals surface area contributed by atoms with E-state index in [-0.39, 0.29) is 78.7 Å². The van der Waals surface area contributed by atoms with Gasteiger partial charge in [-0.1, -0.05) is 13.0 Å². The molecule has 4 N–H and O–H groups in total. The Bertz CT molecular complexity index is 2130. The highest BCUT2D eigenvalue weighted by Gasteiger charge is 2.37. The number of rotatable bonds is 44. The molecule has 2 aliphatic heterocycles. The van der Waals surface area contributed by atoms with Crippen LogP contribution in [0, 0.1) is 0 Å². The largest absolute Gasteiger partial charge is 0.447 e. The van der Waals surface area contributed by atoms with E-state index in [9.17, 15) is 32.4 Å². The van der Waals surface area contributed by atoms with Crippen LogP contribution in [0.2, 0.25) is 0 Å². The fourth-order valence-electron chi connectivity index (χ4n) is 6.22. The van der Waals surface area contributed by atoms with Gasteiger partial charge < -0.3 is 68.5 Å². The molecule has 26 nitrogen and oxygen atoms in total. The average Bonchev–Trinajstić information content (AvgIpc) is 3.48. The maximum absolute atomic E-state index is 13.5. The number of carbonyl (C=O) groups is 5. The summed E-state index contributed by atoms with van der Waals surface area (Å²) in [7, 11) is -0.833. The van der Waals surface area contributed by atoms with Crippen LogP contribution in [0.1, 0.15) is 25.3 Å². The van der Waals surface area contributed by atoms with Crippen LogP contribution in [0.4, 0.5) is 10.5 Å². The van der Waals surface area contributed by atoms with Gasteiger partial charge >= 0.3 is 6.09 Å². The minimum Gasteiger partial charge on any atom is -0.447 e. The predicted molar refractivity (Wildman–Crippen MR) is 281 cm³/mol. The maximum Gasteiger partial charge on any atom is 0.407 e. The molecule has 0 aromatic heterocycles. The lowest BCUT2D eigenvalue weighted by Crippen LogP contribution is -2.41. The predicted octanol–water partition coefficient (Wildman–Crippen LogP) is 1.26. The van der Waals surface area contributed by atoms with Crippen LogP contribution >= 0.6 is 31.9 Å². The zero-order valence-electron chi connectivity index (χ0n) is 43.4. The lowest BCUT2D eigenvalue weighted by atomic mass is 10.1. The zero-order chi connectivity index (χ0) is 55.4. The normalized spacial score (nSPS) is 13.7. The molecule has 0 saturated heterocycles. The average molecular weight is 1230 g/mol. The number of alkyl carbamates (subject to hydrolysis) is 1. The molecule has 3 rings (SSSR count). The van der Waals surface area contributed by atoms with Crippen LogP contribution in [0.15, 0.2) is 42.6 Å². The summed E-state index contributed by atoms with van der Waals surface area (Å²) in [6.07, 6.45) is 1.58. The van der Waals surface area contributed by atoms with Gasteiger partial charge in [0.15, 0.2) is 0 Å². The molecule has 0 unspecified atom stereocenters. The number of hydroxylamine groups is 2. The van der Waals surface area contributed by atoms with Crippen molar-refractivity contribution in [2.75, 3.05) is 186 Å². The molecule has 76 heavy (non-hydrogen) atoms. The van der Waals surface area contributed by atoms with Crippen molar-refractivity contribution in [2.24, 2.45) is 10.7 Å². The van der Waals surface area contributed by atoms with Gasteiger partial charge in [-0.2, -0.15) is 0 Å². The lowest BCUT2D eigenvalue weighted by Gasteiger charge is -2.22. The lowest BCUT2D eigenvalue weighted by molar-refractivity contribution is -0.181. The fourth-order valence-corrected chi connectivity index (χ4v) is 7.91. The molecule has 0 fully saturated rings. The first-order valence-electron chi connectivity index (χ1n) is 24.6. The molecule has 430 valence electrons. The fraction of sp³-hybridized carbons (Fsp3) is 0.660. The van der Waals surface area contributed by atoms with Gasteiger partial charge in [0.25, 0.3) is 17.7 Å². The van der Waals surface area contributed by atoms with Gasteiger partial charge in [0, 0.05) is 51.3 Å². The molecule has 2 heterocycles. The summed E-state index contributed by atoms with van der Waals surface area (Å²) in [6.45, 7) is 9.65. The molecule has 0 bridgehead atoms. The number of sulfonamides is 1. The second-order valence-electron chi connectivity index (χ2n) is 16.1. The van der Waals surface area contributed by atoms with Crippen molar-refractivity contribution >= 4 is 89.2 Å². The number of fused-ring (bicyclic) bond motifs is 1. The van der Waals surface area contributed by atoms with E-state index >= 15 is 0 Å². The standard InChI is InChI=1S/C47H73Br2N7O19S/c1-4-9-56(44(58)37-32-36-5-6-38(76(62,63)54(2)3)34-39(36)53-40(50)33-37)75-11-8-52-47(61)74-31-30-73-29-28-72-27-26-71-25-24-70-23-22-69-21-20-68-19-18-67-17-16-66-15-14-65-13-12-64-10-7-51-41(57)35-55-45(59)42(48)43(49)46(55)60/h5-6,32,34H,4,7-31,33,35H2,1-3H3,(H2,50,53)(H,51,57)(H,52,61). The summed E-state index contributed by atoms with van der Waals surface area (Å²) in [5.41, 5.74) is 7.29. The smallest absolute Gasteiger partial charge is 0.407 e. The minimum absolute atomic E-state index is 0.0114. The molecular formula is C47H73Br2N7O19S. The summed E-state index contributed by atoms with van der Waals surface area (Å²) in [4.78, 5) is 72.5. The molecule has 0 aliphatic carbocycles. The van der Waals surface area contributed by atoms with Gasteiger partial charge in [-0.3, -0.25) is 28.9 Å². The van der Waals surface area contributed by atoms with E-state index in [4.69, 9.17) is 62.7 Å². The molecule has 2 aliphatic rings. The molecular weight excluding hydrogens is 1160 g/mol. The van der Waals surface area contributed by atoms with Crippen molar-refractivity contribution in [3.63, 3.8) is 0 Å². The van der Waals surface area contributed by atoms with Crippen LogP contribution in [-0.4, -0.2) is 244 Å². The van der Waals surface area contributed by atoms with Gasteiger partial charge in [0.1, 0.15) is 28.0 Å². The quantitative estimate of drug-likeness (QED) is 0.0471. The number of nitrogens with one attached hydrogen (secondary N) is 2. The number of imide groups is 1. The SMILES string of the molecule is CCCN(OCCNC(=O)OCCOCCOCCOCCOCCOCCOCCOCCOCCOCCOCCNC(=O)CN1C(=O)C(Br)=C(Br)C1=O)C(=O)C1=Cc2ccc(S(=O)(=O)N(C)C)cc2N=C(N)C1. The third-order valence-electron chi connectivity index (χ3n) is 10.0. The topological polar surface area (TPSA) is 302 Å². The minimum atomic E-state index is -3.70. The zero-order valence-corrected chi connectivity index (χ0v) is 47.4. The summed E-state index contributed by atoms with van der Waals surface area (Å²) < 4.78 is 86.3. The van der Waals surface area contributed by atoms with Crippen LogP contribution in [0.25, 0.3) is 6.08 Å². The van der Waals surface area contributed by atoms with Gasteiger partial charge in [0.2, 0.25) is 15.9 Å². The Hall–Kier alpha value is -4.05. The number of nitrogens with two attached hydrogens (primary N) is 1. The Morgan fingerprint density at radius 3 is 1.54 bits per heavy atom. The van der Waals surface area contributed by atoms with Crippen molar-refractivity contribution in [1.29, 1.82) is 0 Å². The number of carbonyl (C=O) groups excluding carboxylic acids is 5. The van der Waals surface area contributed by atoms with E-state index in [0.29, 0.717) is 142 Å². The molecule has 1 aromatic rings. The number of hydrogen-bond donors (Lipinski definition) is 3. The first-order valence-corrected chi connectivity index (χ1v) is 27.6. The van der Waals surface area contributed by atoms with E-state index in [1.54, 1.807) is 12.1 Å². The number of ether oxygens (including phenoxy) is 11. The second kappa shape index (κ2) is 39.3. The molecule has 0 spiro atoms. The summed E-state index contributed by atoms with van der Waals surface area (Å²) in [5, 5.41) is 6.36. The summed E-state index contributed by atoms with van der Waals surface area (Å²) >= 11 is 6.03. The highest BCUT2D eigenvalue weighted by molar-refractivity contribution is 9.14. The van der Waals surface area contributed by atoms with Gasteiger partial charge in [-0.05, 0) is 56.5 Å². The Morgan fingerprint density at radius 1 is 0.658 bits per heavy atom. The van der Waals surface area contributed by atoms with Crippen molar-refractivity contribution in [3.8, 4) is 0 Å². The Kier molecular flexibility index (Phi) is 34.3. The van der Waals surface area contributed by atoms with E-state index in [0.717, 1.165) is 9.21 Å². The van der Waals surface area contributed by atoms with Gasteiger partial charge in [0.05, 0.1) is 149 Å². The maximum atomic E-state index is 13.5. The Balaban J connectivity index is 1.01. The van der Waals surface area contributed by atoms with Crippen LogP contribution < -0.4 is 16.4 Å². The number of amidine groups is 1. The molecule has 5 amide bonds. The van der Waals surface area contributed by atoms with Crippen LogP contribution in [-0.2, 0) is 86.1 Å². The summed E-state index contributed by atoms with van der Waals surface area (Å²) in [5.74, 6) is -1.91. The molecule has 0 atom stereocenters. The number of amides is 5. The van der Waals surface area contributed by atoms with E-state index in [1.807, 2.05) is 6.92 Å². The first-order chi connectivity index (χ1) is 36.7. The number of aliphatic imine (C=N–C) groups is 1. The number of halogens is 2. The first kappa shape index (κ1) is 66.2. The molecule has 29 heteroatoms.